The molecule has 1 nitrogen and oxygen atoms in total. The van der Waals surface area contributed by atoms with E-state index in [1.165, 1.54) is 11.3 Å². The second kappa shape index (κ2) is 5.10. The molecule has 0 aromatic rings. The topological polar surface area (TPSA) is 12.0 Å². The smallest absolute Gasteiger partial charge is 0.0543 e. The molecule has 1 heterocycles. The summed E-state index contributed by atoms with van der Waals surface area (Å²) >= 11 is 0. The molecular formula is C16H19N. The molecule has 1 N–H and O–H groups in total. The second-order valence-corrected chi connectivity index (χ2v) is 4.54. The molecule has 88 valence electrons. The van der Waals surface area contributed by atoms with Gasteiger partial charge in [0.05, 0.1) is 6.04 Å². The Morgan fingerprint density at radius 1 is 1.53 bits per heavy atom. The van der Waals surface area contributed by atoms with E-state index >= 15 is 0 Å². The molecule has 3 unspecified atom stereocenters. The van der Waals surface area contributed by atoms with Crippen LogP contribution in [0.2, 0.25) is 0 Å². The summed E-state index contributed by atoms with van der Waals surface area (Å²) in [6, 6.07) is 0.302. The Kier molecular flexibility index (Phi) is 3.54. The zero-order valence-electron chi connectivity index (χ0n) is 10.5. The molecule has 0 fully saturated rings. The van der Waals surface area contributed by atoms with Gasteiger partial charge in [-0.3, -0.25) is 0 Å². The van der Waals surface area contributed by atoms with Gasteiger partial charge in [0.2, 0.25) is 0 Å². The Hall–Kier alpha value is -1.68. The van der Waals surface area contributed by atoms with Crippen LogP contribution >= 0.6 is 0 Å². The van der Waals surface area contributed by atoms with Crippen LogP contribution in [-0.4, -0.2) is 6.04 Å². The van der Waals surface area contributed by atoms with Crippen LogP contribution in [0.3, 0.4) is 0 Å². The Labute approximate surface area is 104 Å². The summed E-state index contributed by atoms with van der Waals surface area (Å²) in [6.07, 6.45) is 11.5. The highest BCUT2D eigenvalue weighted by molar-refractivity contribution is 5.41. The number of hydrogen-bond donors (Lipinski definition) is 1. The van der Waals surface area contributed by atoms with Gasteiger partial charge in [-0.05, 0) is 25.5 Å². The van der Waals surface area contributed by atoms with Gasteiger partial charge >= 0.3 is 0 Å². The van der Waals surface area contributed by atoms with Crippen molar-refractivity contribution in [2.75, 3.05) is 0 Å². The third-order valence-electron chi connectivity index (χ3n) is 3.27. The van der Waals surface area contributed by atoms with Gasteiger partial charge in [0, 0.05) is 24.0 Å². The van der Waals surface area contributed by atoms with Gasteiger partial charge in [-0.1, -0.05) is 36.1 Å². The first kappa shape index (κ1) is 11.8. The zero-order valence-corrected chi connectivity index (χ0v) is 10.5. The summed E-state index contributed by atoms with van der Waals surface area (Å²) in [6.45, 7) is 8.10. The molecule has 2 aliphatic rings. The van der Waals surface area contributed by atoms with Gasteiger partial charge in [0.15, 0.2) is 0 Å². The lowest BCUT2D eigenvalue weighted by Crippen LogP contribution is -2.25. The lowest BCUT2D eigenvalue weighted by atomic mass is 9.90. The lowest BCUT2D eigenvalue weighted by molar-refractivity contribution is 0.630. The van der Waals surface area contributed by atoms with Crippen molar-refractivity contribution in [1.82, 2.24) is 5.32 Å². The molecule has 2 rings (SSSR count). The minimum Gasteiger partial charge on any atom is -0.378 e. The molecule has 0 spiro atoms. The molecule has 1 aliphatic heterocycles. The van der Waals surface area contributed by atoms with Gasteiger partial charge in [0.1, 0.15) is 0 Å². The zero-order chi connectivity index (χ0) is 12.3. The molecule has 0 aromatic heterocycles. The highest BCUT2D eigenvalue weighted by Gasteiger charge is 2.29. The third kappa shape index (κ3) is 2.36. The van der Waals surface area contributed by atoms with Crippen molar-refractivity contribution in [3.63, 3.8) is 0 Å². The normalized spacial score (nSPS) is 33.2. The van der Waals surface area contributed by atoms with Gasteiger partial charge in [-0.25, -0.2) is 0 Å². The van der Waals surface area contributed by atoms with Crippen molar-refractivity contribution in [2.24, 2.45) is 11.8 Å². The molecule has 0 aromatic carbocycles. The van der Waals surface area contributed by atoms with E-state index in [-0.39, 0.29) is 0 Å². The fourth-order valence-corrected chi connectivity index (χ4v) is 2.37. The Balaban J connectivity index is 2.35. The minimum atomic E-state index is 0.302. The fourth-order valence-electron chi connectivity index (χ4n) is 2.37. The highest BCUT2D eigenvalue weighted by Crippen LogP contribution is 2.31. The van der Waals surface area contributed by atoms with Crippen LogP contribution in [0, 0.1) is 23.7 Å². The predicted molar refractivity (Wildman–Crippen MR) is 73.1 cm³/mol. The van der Waals surface area contributed by atoms with Gasteiger partial charge < -0.3 is 5.32 Å². The minimum absolute atomic E-state index is 0.302. The second-order valence-electron chi connectivity index (χ2n) is 4.54. The summed E-state index contributed by atoms with van der Waals surface area (Å²) in [5.41, 5.74) is 2.63. The fraction of sp³-hybridized carbons (Fsp3) is 0.375. The highest BCUT2D eigenvalue weighted by atomic mass is 15.0. The summed E-state index contributed by atoms with van der Waals surface area (Å²) < 4.78 is 0. The van der Waals surface area contributed by atoms with Crippen molar-refractivity contribution >= 4 is 0 Å². The van der Waals surface area contributed by atoms with E-state index < -0.39 is 0 Å². The van der Waals surface area contributed by atoms with E-state index in [2.05, 4.69) is 61.9 Å². The van der Waals surface area contributed by atoms with Crippen molar-refractivity contribution in [3.8, 4) is 11.8 Å². The van der Waals surface area contributed by atoms with E-state index in [1.54, 1.807) is 0 Å². The van der Waals surface area contributed by atoms with Gasteiger partial charge in [-0.2, -0.15) is 0 Å². The van der Waals surface area contributed by atoms with Crippen molar-refractivity contribution in [1.29, 1.82) is 0 Å². The van der Waals surface area contributed by atoms with E-state index in [0.29, 0.717) is 17.9 Å². The maximum Gasteiger partial charge on any atom is 0.0543 e. The first-order valence-electron chi connectivity index (χ1n) is 6.17. The quantitative estimate of drug-likeness (QED) is 0.562. The molecule has 3 atom stereocenters. The van der Waals surface area contributed by atoms with Crippen molar-refractivity contribution < 1.29 is 0 Å². The predicted octanol–water partition coefficient (Wildman–Crippen LogP) is 3.19. The Morgan fingerprint density at radius 3 is 3.06 bits per heavy atom. The van der Waals surface area contributed by atoms with Crippen LogP contribution in [0.25, 0.3) is 0 Å². The van der Waals surface area contributed by atoms with Crippen LogP contribution in [0.1, 0.15) is 20.3 Å². The van der Waals surface area contributed by atoms with Crippen LogP contribution in [0.4, 0.5) is 0 Å². The molecule has 1 aliphatic carbocycles. The third-order valence-corrected chi connectivity index (χ3v) is 3.27. The average molecular weight is 225 g/mol. The molecule has 0 radical (unpaired) electrons. The van der Waals surface area contributed by atoms with E-state index in [4.69, 9.17) is 0 Å². The number of hydrogen-bond acceptors (Lipinski definition) is 1. The molecule has 0 saturated carbocycles. The van der Waals surface area contributed by atoms with Crippen LogP contribution in [0.15, 0.2) is 48.2 Å². The first-order valence-corrected chi connectivity index (χ1v) is 6.17. The van der Waals surface area contributed by atoms with Crippen molar-refractivity contribution in [3.05, 3.63) is 48.2 Å². The van der Waals surface area contributed by atoms with E-state index in [1.807, 2.05) is 6.08 Å². The number of nitrogens with one attached hydrogen (secondary N) is 1. The van der Waals surface area contributed by atoms with Crippen LogP contribution in [-0.2, 0) is 0 Å². The summed E-state index contributed by atoms with van der Waals surface area (Å²) in [4.78, 5) is 0. The lowest BCUT2D eigenvalue weighted by Gasteiger charge is -2.14. The molecule has 17 heavy (non-hydrogen) atoms. The molecule has 0 amide bonds. The molecule has 1 heteroatoms. The average Bonchev–Trinajstić information content (AvgIpc) is 2.62. The largest absolute Gasteiger partial charge is 0.378 e. The molecule has 0 saturated heterocycles. The van der Waals surface area contributed by atoms with Crippen LogP contribution in [0.5, 0.6) is 0 Å². The van der Waals surface area contributed by atoms with Gasteiger partial charge in [0.25, 0.3) is 0 Å². The van der Waals surface area contributed by atoms with Crippen molar-refractivity contribution in [2.45, 2.75) is 26.3 Å². The summed E-state index contributed by atoms with van der Waals surface area (Å²) in [5, 5.41) is 3.52. The van der Waals surface area contributed by atoms with E-state index in [9.17, 15) is 0 Å². The summed E-state index contributed by atoms with van der Waals surface area (Å²) in [7, 11) is 0. The number of allylic oxidation sites excluding steroid dienone is 3. The SMILES string of the molecule is C=CC1NC2=C(CC#CC(C)/C=C\2)C1/C=C\C. The van der Waals surface area contributed by atoms with E-state index in [0.717, 1.165) is 6.42 Å². The molecule has 0 bridgehead atoms. The monoisotopic (exact) mass is 225 g/mol. The van der Waals surface area contributed by atoms with Gasteiger partial charge in [-0.15, -0.1) is 6.58 Å². The Bertz CT molecular complexity index is 454. The number of rotatable bonds is 2. The molecular weight excluding hydrogens is 206 g/mol. The Morgan fingerprint density at radius 2 is 2.35 bits per heavy atom. The maximum atomic E-state index is 3.91. The maximum absolute atomic E-state index is 3.91. The first-order chi connectivity index (χ1) is 8.26. The summed E-state index contributed by atoms with van der Waals surface area (Å²) in [5.74, 6) is 7.26. The standard InChI is InChI=1S/C16H19N/c1-4-7-13-14-9-6-8-12(3)10-11-16(14)17-15(13)5-2/h4-5,7,10-13,15,17H,2,9H2,1,3H3/b7-4-,11-10-. The van der Waals surface area contributed by atoms with Crippen LogP contribution < -0.4 is 5.32 Å².